The lowest BCUT2D eigenvalue weighted by molar-refractivity contribution is 0.00578. The Morgan fingerprint density at radius 2 is 1.82 bits per heavy atom. The zero-order valence-corrected chi connectivity index (χ0v) is 11.1. The van der Waals surface area contributed by atoms with Crippen molar-refractivity contribution < 1.29 is 14.4 Å². The summed E-state index contributed by atoms with van der Waals surface area (Å²) in [5.41, 5.74) is 1.49. The summed E-state index contributed by atoms with van der Waals surface area (Å²) in [5, 5.41) is 9.18. The van der Waals surface area contributed by atoms with Crippen LogP contribution in [-0.2, 0) is 9.31 Å². The molecule has 1 aliphatic heterocycles. The SMILES string of the molecule is CC1(C)OB(C2=CCCC(CO)=C2)OC1(C)C. The van der Waals surface area contributed by atoms with Crippen LogP contribution in [0.4, 0.5) is 0 Å². The number of rotatable bonds is 2. The van der Waals surface area contributed by atoms with E-state index in [0.29, 0.717) is 0 Å². The van der Waals surface area contributed by atoms with E-state index in [9.17, 15) is 5.11 Å². The standard InChI is InChI=1S/C13H21BO3/c1-12(2)13(3,4)17-14(16-12)11-7-5-6-10(8-11)9-15/h7-8,15H,5-6,9H2,1-4H3. The quantitative estimate of drug-likeness (QED) is 0.747. The first kappa shape index (κ1) is 12.9. The molecule has 1 heterocycles. The Hall–Kier alpha value is -0.575. The van der Waals surface area contributed by atoms with E-state index >= 15 is 0 Å². The molecule has 17 heavy (non-hydrogen) atoms. The predicted octanol–water partition coefficient (Wildman–Crippen LogP) is 2.26. The molecule has 0 unspecified atom stereocenters. The van der Waals surface area contributed by atoms with E-state index in [1.807, 2.05) is 33.8 Å². The van der Waals surface area contributed by atoms with Gasteiger partial charge in [0.15, 0.2) is 0 Å². The first-order valence-electron chi connectivity index (χ1n) is 6.22. The van der Waals surface area contributed by atoms with Gasteiger partial charge < -0.3 is 14.4 Å². The molecule has 4 heteroatoms. The van der Waals surface area contributed by atoms with Gasteiger partial charge in [0.05, 0.1) is 17.8 Å². The molecule has 3 nitrogen and oxygen atoms in total. The van der Waals surface area contributed by atoms with Crippen LogP contribution in [0.25, 0.3) is 0 Å². The van der Waals surface area contributed by atoms with E-state index in [-0.39, 0.29) is 24.9 Å². The Morgan fingerprint density at radius 1 is 1.24 bits per heavy atom. The third-order valence-corrected chi connectivity index (χ3v) is 3.94. The molecule has 0 saturated carbocycles. The molecule has 2 rings (SSSR count). The molecular weight excluding hydrogens is 215 g/mol. The summed E-state index contributed by atoms with van der Waals surface area (Å²) in [6, 6.07) is 0. The molecule has 1 aliphatic carbocycles. The number of aliphatic hydroxyl groups excluding tert-OH is 1. The van der Waals surface area contributed by atoms with Gasteiger partial charge in [0.1, 0.15) is 0 Å². The fourth-order valence-electron chi connectivity index (χ4n) is 2.06. The highest BCUT2D eigenvalue weighted by molar-refractivity contribution is 6.55. The summed E-state index contributed by atoms with van der Waals surface area (Å²) in [6.07, 6.45) is 6.03. The molecule has 0 aromatic carbocycles. The van der Waals surface area contributed by atoms with Gasteiger partial charge >= 0.3 is 7.12 Å². The summed E-state index contributed by atoms with van der Waals surface area (Å²) in [5.74, 6) is 0. The average Bonchev–Trinajstić information content (AvgIpc) is 2.48. The van der Waals surface area contributed by atoms with Crippen LogP contribution in [0.3, 0.4) is 0 Å². The van der Waals surface area contributed by atoms with Crippen LogP contribution in [0.2, 0.25) is 0 Å². The monoisotopic (exact) mass is 236 g/mol. The van der Waals surface area contributed by atoms with E-state index in [1.54, 1.807) is 0 Å². The molecular formula is C13H21BO3. The predicted molar refractivity (Wildman–Crippen MR) is 68.6 cm³/mol. The van der Waals surface area contributed by atoms with Crippen LogP contribution in [0.5, 0.6) is 0 Å². The topological polar surface area (TPSA) is 38.7 Å². The molecule has 0 radical (unpaired) electrons. The fourth-order valence-corrected chi connectivity index (χ4v) is 2.06. The molecule has 1 saturated heterocycles. The van der Waals surface area contributed by atoms with Crippen molar-refractivity contribution in [3.8, 4) is 0 Å². The second kappa shape index (κ2) is 4.27. The van der Waals surface area contributed by atoms with E-state index in [0.717, 1.165) is 23.9 Å². The fraction of sp³-hybridized carbons (Fsp3) is 0.692. The number of aliphatic hydroxyl groups is 1. The van der Waals surface area contributed by atoms with E-state index in [4.69, 9.17) is 9.31 Å². The molecule has 0 aromatic rings. The van der Waals surface area contributed by atoms with E-state index < -0.39 is 0 Å². The molecule has 0 spiro atoms. The average molecular weight is 236 g/mol. The Labute approximate surface area is 104 Å². The summed E-state index contributed by atoms with van der Waals surface area (Å²) in [7, 11) is -0.304. The molecule has 2 aliphatic rings. The largest absolute Gasteiger partial charge is 0.494 e. The van der Waals surface area contributed by atoms with Crippen LogP contribution in [0.15, 0.2) is 23.2 Å². The van der Waals surface area contributed by atoms with Gasteiger partial charge in [0.2, 0.25) is 0 Å². The van der Waals surface area contributed by atoms with Crippen LogP contribution in [0, 0.1) is 0 Å². The molecule has 0 bridgehead atoms. The van der Waals surface area contributed by atoms with Crippen molar-refractivity contribution in [3.63, 3.8) is 0 Å². The number of allylic oxidation sites excluding steroid dienone is 3. The van der Waals surface area contributed by atoms with Gasteiger partial charge in [-0.15, -0.1) is 0 Å². The summed E-state index contributed by atoms with van der Waals surface area (Å²) >= 11 is 0. The molecule has 0 amide bonds. The van der Waals surface area contributed by atoms with Gasteiger partial charge in [-0.2, -0.15) is 0 Å². The maximum absolute atomic E-state index is 9.18. The van der Waals surface area contributed by atoms with Crippen LogP contribution < -0.4 is 0 Å². The van der Waals surface area contributed by atoms with E-state index in [1.165, 1.54) is 0 Å². The molecule has 1 fully saturated rings. The molecule has 0 aromatic heterocycles. The second-order valence-corrected chi connectivity index (χ2v) is 5.79. The minimum absolute atomic E-state index is 0.122. The van der Waals surface area contributed by atoms with Crippen molar-refractivity contribution in [2.75, 3.05) is 6.61 Å². The Balaban J connectivity index is 2.17. The Morgan fingerprint density at radius 3 is 2.35 bits per heavy atom. The lowest BCUT2D eigenvalue weighted by atomic mass is 9.74. The zero-order valence-electron chi connectivity index (χ0n) is 11.1. The van der Waals surface area contributed by atoms with Crippen molar-refractivity contribution >= 4 is 7.12 Å². The van der Waals surface area contributed by atoms with Crippen molar-refractivity contribution in [3.05, 3.63) is 23.2 Å². The summed E-state index contributed by atoms with van der Waals surface area (Å²) in [4.78, 5) is 0. The van der Waals surface area contributed by atoms with Crippen molar-refractivity contribution in [2.24, 2.45) is 0 Å². The minimum atomic E-state index is -0.304. The summed E-state index contributed by atoms with van der Waals surface area (Å²) < 4.78 is 12.0. The van der Waals surface area contributed by atoms with Gasteiger partial charge in [-0.1, -0.05) is 12.2 Å². The zero-order chi connectivity index (χ0) is 12.7. The Kier molecular flexibility index (Phi) is 3.23. The second-order valence-electron chi connectivity index (χ2n) is 5.79. The lowest BCUT2D eigenvalue weighted by Crippen LogP contribution is -2.41. The molecule has 0 atom stereocenters. The van der Waals surface area contributed by atoms with Crippen molar-refractivity contribution in [1.82, 2.24) is 0 Å². The normalized spacial score (nSPS) is 26.8. The smallest absolute Gasteiger partial charge is 0.399 e. The first-order chi connectivity index (χ1) is 7.86. The maximum atomic E-state index is 9.18. The number of hydrogen-bond donors (Lipinski definition) is 1. The van der Waals surface area contributed by atoms with Gasteiger partial charge in [-0.25, -0.2) is 0 Å². The highest BCUT2D eigenvalue weighted by Gasteiger charge is 2.52. The van der Waals surface area contributed by atoms with Crippen LogP contribution >= 0.6 is 0 Å². The Bertz CT molecular complexity index is 353. The van der Waals surface area contributed by atoms with Gasteiger partial charge in [-0.3, -0.25) is 0 Å². The third-order valence-electron chi connectivity index (χ3n) is 3.94. The summed E-state index contributed by atoms with van der Waals surface area (Å²) in [6.45, 7) is 8.32. The highest BCUT2D eigenvalue weighted by atomic mass is 16.7. The first-order valence-corrected chi connectivity index (χ1v) is 6.22. The van der Waals surface area contributed by atoms with Crippen LogP contribution in [0.1, 0.15) is 40.5 Å². The van der Waals surface area contributed by atoms with Crippen LogP contribution in [-0.4, -0.2) is 30.0 Å². The van der Waals surface area contributed by atoms with Crippen molar-refractivity contribution in [2.45, 2.75) is 51.7 Å². The van der Waals surface area contributed by atoms with Gasteiger partial charge in [0, 0.05) is 0 Å². The lowest BCUT2D eigenvalue weighted by Gasteiger charge is -2.32. The van der Waals surface area contributed by atoms with Gasteiger partial charge in [-0.05, 0) is 51.6 Å². The van der Waals surface area contributed by atoms with E-state index in [2.05, 4.69) is 6.08 Å². The molecule has 1 N–H and O–H groups in total. The maximum Gasteiger partial charge on any atom is 0.494 e. The van der Waals surface area contributed by atoms with Crippen molar-refractivity contribution in [1.29, 1.82) is 0 Å². The van der Waals surface area contributed by atoms with Gasteiger partial charge in [0.25, 0.3) is 0 Å². The molecule has 94 valence electrons. The highest BCUT2D eigenvalue weighted by Crippen LogP contribution is 2.39. The minimum Gasteiger partial charge on any atom is -0.399 e. The third kappa shape index (κ3) is 2.35. The number of hydrogen-bond acceptors (Lipinski definition) is 3.